The molecule has 0 aromatic heterocycles. The number of rotatable bonds is 1. The number of hydrogen-bond acceptors (Lipinski definition) is 1. The van der Waals surface area contributed by atoms with Gasteiger partial charge in [0.05, 0.1) is 0 Å². The van der Waals surface area contributed by atoms with Crippen LogP contribution in [0.5, 0.6) is 0 Å². The van der Waals surface area contributed by atoms with Crippen molar-refractivity contribution in [2.45, 2.75) is 79.1 Å². The molecule has 1 nitrogen and oxygen atoms in total. The van der Waals surface area contributed by atoms with Crippen LogP contribution in [0, 0.1) is 39.9 Å². The van der Waals surface area contributed by atoms with Gasteiger partial charge >= 0.3 is 0 Å². The van der Waals surface area contributed by atoms with Gasteiger partial charge in [-0.15, -0.1) is 0 Å². The smallest absolute Gasteiger partial charge is 0.140 e. The van der Waals surface area contributed by atoms with E-state index < -0.39 is 0 Å². The first-order valence-corrected chi connectivity index (χ1v) is 10.0. The SMILES string of the molecule is CC(=O)C1(C)C=C[C@H]2[C@@H]3CC[C@H]4CCCC[C@]4(C)[C@H]3CC[C@@]21C. The van der Waals surface area contributed by atoms with Gasteiger partial charge in [0, 0.05) is 5.41 Å². The third-order valence-corrected chi connectivity index (χ3v) is 9.39. The van der Waals surface area contributed by atoms with Crippen molar-refractivity contribution in [2.75, 3.05) is 0 Å². The van der Waals surface area contributed by atoms with Crippen LogP contribution in [0.3, 0.4) is 0 Å². The van der Waals surface area contributed by atoms with Crippen molar-refractivity contribution in [1.29, 1.82) is 0 Å². The molecule has 23 heavy (non-hydrogen) atoms. The van der Waals surface area contributed by atoms with Crippen molar-refractivity contribution in [3.63, 3.8) is 0 Å². The van der Waals surface area contributed by atoms with Crippen LogP contribution in [0.4, 0.5) is 0 Å². The normalized spacial score (nSPS) is 55.0. The summed E-state index contributed by atoms with van der Waals surface area (Å²) in [6.07, 6.45) is 16.0. The third kappa shape index (κ3) is 1.89. The molecule has 4 aliphatic rings. The van der Waals surface area contributed by atoms with Gasteiger partial charge in [0.2, 0.25) is 0 Å². The lowest BCUT2D eigenvalue weighted by molar-refractivity contribution is -0.142. The second kappa shape index (κ2) is 4.96. The van der Waals surface area contributed by atoms with Crippen LogP contribution in [-0.4, -0.2) is 5.78 Å². The quantitative estimate of drug-likeness (QED) is 0.560. The average Bonchev–Trinajstić information content (AvgIpc) is 2.80. The van der Waals surface area contributed by atoms with E-state index in [1.807, 2.05) is 6.92 Å². The van der Waals surface area contributed by atoms with Gasteiger partial charge in [0.15, 0.2) is 0 Å². The van der Waals surface area contributed by atoms with Crippen molar-refractivity contribution in [1.82, 2.24) is 0 Å². The van der Waals surface area contributed by atoms with Gasteiger partial charge in [0.1, 0.15) is 5.78 Å². The number of allylic oxidation sites excluding steroid dienone is 2. The topological polar surface area (TPSA) is 17.1 Å². The molecule has 0 aromatic carbocycles. The number of fused-ring (bicyclic) bond motifs is 5. The molecule has 4 aliphatic carbocycles. The minimum absolute atomic E-state index is 0.165. The van der Waals surface area contributed by atoms with Crippen molar-refractivity contribution in [3.05, 3.63) is 12.2 Å². The summed E-state index contributed by atoms with van der Waals surface area (Å²) in [5.74, 6) is 3.71. The Morgan fingerprint density at radius 1 is 1.00 bits per heavy atom. The van der Waals surface area contributed by atoms with Crippen molar-refractivity contribution >= 4 is 5.78 Å². The maximum atomic E-state index is 12.4. The first kappa shape index (κ1) is 15.9. The van der Waals surface area contributed by atoms with E-state index in [0.717, 1.165) is 17.8 Å². The summed E-state index contributed by atoms with van der Waals surface area (Å²) in [7, 11) is 0. The van der Waals surface area contributed by atoms with Gasteiger partial charge in [-0.3, -0.25) is 4.79 Å². The highest BCUT2D eigenvalue weighted by atomic mass is 16.1. The molecule has 4 rings (SSSR count). The first-order valence-electron chi connectivity index (χ1n) is 10.0. The van der Waals surface area contributed by atoms with E-state index in [-0.39, 0.29) is 10.8 Å². The number of carbonyl (C=O) groups excluding carboxylic acids is 1. The Bertz CT molecular complexity index is 548. The van der Waals surface area contributed by atoms with Crippen LogP contribution < -0.4 is 0 Å². The lowest BCUT2D eigenvalue weighted by Crippen LogP contribution is -2.55. The molecule has 3 fully saturated rings. The van der Waals surface area contributed by atoms with E-state index in [4.69, 9.17) is 0 Å². The number of carbonyl (C=O) groups is 1. The molecule has 0 radical (unpaired) electrons. The molecule has 0 saturated heterocycles. The van der Waals surface area contributed by atoms with Crippen LogP contribution >= 0.6 is 0 Å². The fourth-order valence-electron chi connectivity index (χ4n) is 7.51. The number of ketones is 1. The molecule has 3 saturated carbocycles. The lowest BCUT2D eigenvalue weighted by atomic mass is 9.43. The Hall–Kier alpha value is -0.590. The van der Waals surface area contributed by atoms with E-state index in [9.17, 15) is 4.79 Å². The van der Waals surface area contributed by atoms with E-state index in [1.54, 1.807) is 0 Å². The summed E-state index contributed by atoms with van der Waals surface area (Å²) >= 11 is 0. The standard InChI is InChI=1S/C22H34O/c1-15(23)21(3)13-11-19-17-9-8-16-7-5-6-12-20(16,2)18(17)10-14-22(19,21)4/h11,13,16-19H,5-10,12,14H2,1-4H3/t16-,17-,18+,19+,20+,21?,22+/m1/s1. The predicted molar refractivity (Wildman–Crippen MR) is 95.0 cm³/mol. The molecule has 7 atom stereocenters. The van der Waals surface area contributed by atoms with Crippen LogP contribution in [0.15, 0.2) is 12.2 Å². The molecular formula is C22H34O. The summed E-state index contributed by atoms with van der Waals surface area (Å²) in [6.45, 7) is 9.06. The Balaban J connectivity index is 1.68. The molecule has 0 aliphatic heterocycles. The molecular weight excluding hydrogens is 280 g/mol. The first-order chi connectivity index (χ1) is 10.8. The summed E-state index contributed by atoms with van der Waals surface area (Å²) in [5, 5.41) is 0. The maximum Gasteiger partial charge on any atom is 0.140 e. The summed E-state index contributed by atoms with van der Waals surface area (Å²) in [5.41, 5.74) is 0.524. The second-order valence-corrected chi connectivity index (χ2v) is 9.90. The minimum Gasteiger partial charge on any atom is -0.299 e. The Kier molecular flexibility index (Phi) is 3.43. The highest BCUT2D eigenvalue weighted by Gasteiger charge is 2.62. The zero-order chi connectivity index (χ0) is 16.5. The monoisotopic (exact) mass is 314 g/mol. The highest BCUT2D eigenvalue weighted by molar-refractivity contribution is 5.85. The molecule has 0 amide bonds. The molecule has 0 spiro atoms. The van der Waals surface area contributed by atoms with Gasteiger partial charge < -0.3 is 0 Å². The third-order valence-electron chi connectivity index (χ3n) is 9.39. The van der Waals surface area contributed by atoms with Crippen LogP contribution in [0.25, 0.3) is 0 Å². The largest absolute Gasteiger partial charge is 0.299 e. The Morgan fingerprint density at radius 2 is 1.78 bits per heavy atom. The summed E-state index contributed by atoms with van der Waals surface area (Å²) < 4.78 is 0. The fourth-order valence-corrected chi connectivity index (χ4v) is 7.51. The molecule has 0 N–H and O–H groups in total. The molecule has 1 unspecified atom stereocenters. The van der Waals surface area contributed by atoms with Gasteiger partial charge in [-0.25, -0.2) is 0 Å². The Labute approximate surface area is 142 Å². The average molecular weight is 315 g/mol. The van der Waals surface area contributed by atoms with E-state index >= 15 is 0 Å². The van der Waals surface area contributed by atoms with Gasteiger partial charge in [-0.2, -0.15) is 0 Å². The molecule has 0 heterocycles. The molecule has 0 bridgehead atoms. The maximum absolute atomic E-state index is 12.4. The van der Waals surface area contributed by atoms with Gasteiger partial charge in [-0.05, 0) is 86.9 Å². The van der Waals surface area contributed by atoms with Crippen molar-refractivity contribution < 1.29 is 4.79 Å². The van der Waals surface area contributed by atoms with Crippen molar-refractivity contribution in [2.24, 2.45) is 39.9 Å². The van der Waals surface area contributed by atoms with E-state index in [2.05, 4.69) is 32.9 Å². The zero-order valence-electron chi connectivity index (χ0n) is 15.5. The number of hydrogen-bond donors (Lipinski definition) is 0. The van der Waals surface area contributed by atoms with Gasteiger partial charge in [-0.1, -0.05) is 38.8 Å². The summed E-state index contributed by atoms with van der Waals surface area (Å²) in [4.78, 5) is 12.4. The number of Topliss-reactive ketones (excluding diaryl/α,β-unsaturated/α-hetero) is 1. The van der Waals surface area contributed by atoms with Gasteiger partial charge in [0.25, 0.3) is 0 Å². The minimum atomic E-state index is -0.229. The zero-order valence-corrected chi connectivity index (χ0v) is 15.5. The van der Waals surface area contributed by atoms with Crippen LogP contribution in [0.1, 0.15) is 79.1 Å². The van der Waals surface area contributed by atoms with Crippen molar-refractivity contribution in [3.8, 4) is 0 Å². The highest BCUT2D eigenvalue weighted by Crippen LogP contribution is 2.68. The fraction of sp³-hybridized carbons (Fsp3) is 0.864. The summed E-state index contributed by atoms with van der Waals surface area (Å²) in [6, 6.07) is 0. The van der Waals surface area contributed by atoms with Crippen LogP contribution in [-0.2, 0) is 4.79 Å². The van der Waals surface area contributed by atoms with E-state index in [0.29, 0.717) is 17.1 Å². The molecule has 128 valence electrons. The van der Waals surface area contributed by atoms with E-state index in [1.165, 1.54) is 51.4 Å². The molecule has 1 heteroatoms. The second-order valence-electron chi connectivity index (χ2n) is 9.90. The van der Waals surface area contributed by atoms with Crippen LogP contribution in [0.2, 0.25) is 0 Å². The molecule has 0 aromatic rings. The predicted octanol–water partition coefficient (Wildman–Crippen LogP) is 5.79. The Morgan fingerprint density at radius 3 is 2.52 bits per heavy atom. The lowest BCUT2D eigenvalue weighted by Gasteiger charge is -2.61.